The number of rotatable bonds is 2. The number of hydrogen-bond donors (Lipinski definition) is 1. The molecule has 6 heteroatoms. The maximum absolute atomic E-state index is 13.4. The predicted molar refractivity (Wildman–Crippen MR) is 75.6 cm³/mol. The molecule has 0 atom stereocenters. The molecule has 0 bridgehead atoms. The highest BCUT2D eigenvalue weighted by Gasteiger charge is 2.15. The molecule has 0 aliphatic carbocycles. The molecule has 106 valence electrons. The van der Waals surface area contributed by atoms with Gasteiger partial charge in [-0.3, -0.25) is 4.68 Å². The van der Waals surface area contributed by atoms with Crippen LogP contribution in [0.1, 0.15) is 16.1 Å². The molecule has 0 aliphatic rings. The molecule has 0 saturated heterocycles. The van der Waals surface area contributed by atoms with Crippen LogP contribution in [0.4, 0.5) is 4.39 Å². The summed E-state index contributed by atoms with van der Waals surface area (Å²) < 4.78 is 15.0. The molecular weight excluding hydrogens is 273 g/mol. The molecule has 2 aromatic heterocycles. The van der Waals surface area contributed by atoms with Crippen LogP contribution in [0.3, 0.4) is 0 Å². The van der Waals surface area contributed by atoms with Crippen molar-refractivity contribution in [2.75, 3.05) is 0 Å². The summed E-state index contributed by atoms with van der Waals surface area (Å²) >= 11 is 0. The van der Waals surface area contributed by atoms with E-state index >= 15 is 0 Å². The van der Waals surface area contributed by atoms with Gasteiger partial charge in [0.2, 0.25) is 0 Å². The lowest BCUT2D eigenvalue weighted by molar-refractivity contribution is 0.0699. The molecular formula is C15H12FN3O2. The second-order valence-electron chi connectivity index (χ2n) is 4.82. The van der Waals surface area contributed by atoms with Crippen molar-refractivity contribution in [1.82, 2.24) is 14.8 Å². The number of nitrogens with zero attached hydrogens (tertiary/aromatic N) is 3. The van der Waals surface area contributed by atoms with E-state index in [0.717, 1.165) is 11.3 Å². The van der Waals surface area contributed by atoms with Crippen LogP contribution in [-0.2, 0) is 7.05 Å². The average Bonchev–Trinajstić information content (AvgIpc) is 2.75. The van der Waals surface area contributed by atoms with Crippen LogP contribution >= 0.6 is 0 Å². The van der Waals surface area contributed by atoms with E-state index in [0.29, 0.717) is 16.6 Å². The molecule has 21 heavy (non-hydrogen) atoms. The number of carboxylic acid groups (broad SMARTS) is 1. The van der Waals surface area contributed by atoms with Crippen LogP contribution in [0.2, 0.25) is 0 Å². The number of carboxylic acids is 1. The lowest BCUT2D eigenvalue weighted by Crippen LogP contribution is -2.00. The Kier molecular flexibility index (Phi) is 2.94. The molecule has 0 spiro atoms. The van der Waals surface area contributed by atoms with Crippen LogP contribution in [0.5, 0.6) is 0 Å². The van der Waals surface area contributed by atoms with Gasteiger partial charge in [-0.2, -0.15) is 5.10 Å². The number of carbonyl (C=O) groups is 1. The van der Waals surface area contributed by atoms with Gasteiger partial charge in [0.05, 0.1) is 22.5 Å². The van der Waals surface area contributed by atoms with Crippen molar-refractivity contribution < 1.29 is 14.3 Å². The summed E-state index contributed by atoms with van der Waals surface area (Å²) in [5, 5.41) is 14.0. The first-order valence-electron chi connectivity index (χ1n) is 6.30. The maximum atomic E-state index is 13.4. The number of aromatic nitrogens is 3. The molecule has 2 heterocycles. The smallest absolute Gasteiger partial charge is 0.336 e. The van der Waals surface area contributed by atoms with Crippen LogP contribution < -0.4 is 0 Å². The van der Waals surface area contributed by atoms with Gasteiger partial charge >= 0.3 is 5.97 Å². The minimum absolute atomic E-state index is 0.0956. The summed E-state index contributed by atoms with van der Waals surface area (Å²) in [4.78, 5) is 15.8. The lowest BCUT2D eigenvalue weighted by atomic mass is 10.0. The molecule has 3 rings (SSSR count). The second kappa shape index (κ2) is 4.66. The van der Waals surface area contributed by atoms with Gasteiger partial charge in [-0.15, -0.1) is 0 Å². The van der Waals surface area contributed by atoms with E-state index < -0.39 is 11.8 Å². The summed E-state index contributed by atoms with van der Waals surface area (Å²) in [6.45, 7) is 1.81. The number of benzene rings is 1. The maximum Gasteiger partial charge on any atom is 0.336 e. The molecule has 1 N–H and O–H groups in total. The Balaban J connectivity index is 2.34. The second-order valence-corrected chi connectivity index (χ2v) is 4.82. The Morgan fingerprint density at radius 2 is 2.10 bits per heavy atom. The van der Waals surface area contributed by atoms with Crippen molar-refractivity contribution in [3.8, 4) is 11.3 Å². The summed E-state index contributed by atoms with van der Waals surface area (Å²) in [7, 11) is 1.77. The number of hydrogen-bond acceptors (Lipinski definition) is 3. The number of aryl methyl sites for hydroxylation is 2. The average molecular weight is 285 g/mol. The van der Waals surface area contributed by atoms with E-state index in [-0.39, 0.29) is 5.56 Å². The van der Waals surface area contributed by atoms with E-state index in [4.69, 9.17) is 0 Å². The zero-order chi connectivity index (χ0) is 15.1. The molecule has 3 aromatic rings. The molecule has 0 fully saturated rings. The minimum atomic E-state index is -1.07. The van der Waals surface area contributed by atoms with Gasteiger partial charge < -0.3 is 5.11 Å². The van der Waals surface area contributed by atoms with E-state index in [1.165, 1.54) is 24.3 Å². The van der Waals surface area contributed by atoms with Crippen molar-refractivity contribution in [2.24, 2.45) is 7.05 Å². The van der Waals surface area contributed by atoms with Crippen molar-refractivity contribution in [3.05, 3.63) is 47.5 Å². The molecule has 0 saturated carbocycles. The minimum Gasteiger partial charge on any atom is -0.478 e. The van der Waals surface area contributed by atoms with Crippen molar-refractivity contribution >= 4 is 16.9 Å². The number of halogens is 1. The van der Waals surface area contributed by atoms with Gasteiger partial charge in [-0.1, -0.05) is 0 Å². The SMILES string of the molecule is Cc1nn(C)cc1-c1cc(C(=O)O)c2ccc(F)cc2n1. The zero-order valence-corrected chi connectivity index (χ0v) is 11.5. The zero-order valence-electron chi connectivity index (χ0n) is 11.5. The molecule has 0 radical (unpaired) electrons. The highest BCUT2D eigenvalue weighted by Crippen LogP contribution is 2.27. The summed E-state index contributed by atoms with van der Waals surface area (Å²) in [5.74, 6) is -1.52. The van der Waals surface area contributed by atoms with Gasteiger partial charge in [0.15, 0.2) is 0 Å². The molecule has 0 unspecified atom stereocenters. The van der Waals surface area contributed by atoms with Gasteiger partial charge in [0, 0.05) is 30.3 Å². The molecule has 5 nitrogen and oxygen atoms in total. The van der Waals surface area contributed by atoms with Crippen LogP contribution in [-0.4, -0.2) is 25.8 Å². The Morgan fingerprint density at radius 3 is 2.71 bits per heavy atom. The van der Waals surface area contributed by atoms with Gasteiger partial charge in [-0.25, -0.2) is 14.2 Å². The third kappa shape index (κ3) is 2.24. The first-order valence-corrected chi connectivity index (χ1v) is 6.30. The first kappa shape index (κ1) is 13.2. The highest BCUT2D eigenvalue weighted by atomic mass is 19.1. The van der Waals surface area contributed by atoms with Gasteiger partial charge in [-0.05, 0) is 25.1 Å². The highest BCUT2D eigenvalue weighted by molar-refractivity contribution is 6.03. The third-order valence-electron chi connectivity index (χ3n) is 3.29. The summed E-state index contributed by atoms with van der Waals surface area (Å²) in [6.07, 6.45) is 1.76. The molecule has 0 aliphatic heterocycles. The van der Waals surface area contributed by atoms with E-state index in [2.05, 4.69) is 10.1 Å². The topological polar surface area (TPSA) is 68.0 Å². The van der Waals surface area contributed by atoms with E-state index in [9.17, 15) is 14.3 Å². The predicted octanol–water partition coefficient (Wildman–Crippen LogP) is 2.78. The van der Waals surface area contributed by atoms with Crippen molar-refractivity contribution in [2.45, 2.75) is 6.92 Å². The third-order valence-corrected chi connectivity index (χ3v) is 3.29. The van der Waals surface area contributed by atoms with E-state index in [1.807, 2.05) is 6.92 Å². The monoisotopic (exact) mass is 285 g/mol. The van der Waals surface area contributed by atoms with Crippen molar-refractivity contribution in [1.29, 1.82) is 0 Å². The summed E-state index contributed by atoms with van der Waals surface area (Å²) in [6, 6.07) is 5.38. The Morgan fingerprint density at radius 1 is 1.33 bits per heavy atom. The number of pyridine rings is 1. The van der Waals surface area contributed by atoms with Gasteiger partial charge in [0.25, 0.3) is 0 Å². The van der Waals surface area contributed by atoms with Crippen LogP contribution in [0.25, 0.3) is 22.2 Å². The Bertz CT molecular complexity index is 871. The molecule has 0 amide bonds. The Labute approximate surface area is 119 Å². The fourth-order valence-corrected chi connectivity index (χ4v) is 2.37. The van der Waals surface area contributed by atoms with Gasteiger partial charge in [0.1, 0.15) is 5.82 Å². The van der Waals surface area contributed by atoms with Crippen LogP contribution in [0, 0.1) is 12.7 Å². The normalized spacial score (nSPS) is 11.0. The lowest BCUT2D eigenvalue weighted by Gasteiger charge is -2.06. The molecule has 1 aromatic carbocycles. The Hall–Kier alpha value is -2.76. The standard InChI is InChI=1S/C15H12FN3O2/c1-8-12(7-19(2)18-8)14-6-11(15(20)21)10-4-3-9(16)5-13(10)17-14/h3-7H,1-2H3,(H,20,21). The first-order chi connectivity index (χ1) is 9.95. The quantitative estimate of drug-likeness (QED) is 0.786. The number of aromatic carboxylic acids is 1. The van der Waals surface area contributed by atoms with Crippen molar-refractivity contribution in [3.63, 3.8) is 0 Å². The fraction of sp³-hybridized carbons (Fsp3) is 0.133. The fourth-order valence-electron chi connectivity index (χ4n) is 2.37. The largest absolute Gasteiger partial charge is 0.478 e. The van der Waals surface area contributed by atoms with E-state index in [1.54, 1.807) is 17.9 Å². The summed E-state index contributed by atoms with van der Waals surface area (Å²) in [5.41, 5.74) is 2.34. The number of fused-ring (bicyclic) bond motifs is 1. The van der Waals surface area contributed by atoms with Crippen LogP contribution in [0.15, 0.2) is 30.5 Å².